The Bertz CT molecular complexity index is 1020. The molecule has 0 radical (unpaired) electrons. The number of hydrogen-bond acceptors (Lipinski definition) is 4. The van der Waals surface area contributed by atoms with Gasteiger partial charge in [0.25, 0.3) is 5.91 Å². The molecule has 1 atom stereocenters. The quantitative estimate of drug-likeness (QED) is 0.627. The number of halogens is 2. The summed E-state index contributed by atoms with van der Waals surface area (Å²) < 4.78 is 21.0. The summed E-state index contributed by atoms with van der Waals surface area (Å²) in [5.41, 5.74) is 0.828. The third kappa shape index (κ3) is 3.26. The molecule has 4 rings (SSSR count). The number of hydrogen-bond donors (Lipinski definition) is 1. The highest BCUT2D eigenvalue weighted by Gasteiger charge is 2.43. The van der Waals surface area contributed by atoms with E-state index in [1.165, 1.54) is 17.4 Å². The molecule has 3 aromatic rings. The lowest BCUT2D eigenvalue weighted by molar-refractivity contribution is 0.0887. The van der Waals surface area contributed by atoms with E-state index >= 15 is 0 Å². The zero-order valence-electron chi connectivity index (χ0n) is 14.5. The van der Waals surface area contributed by atoms with E-state index in [9.17, 15) is 9.18 Å². The Labute approximate surface area is 168 Å². The first-order chi connectivity index (χ1) is 13.0. The molecule has 2 aromatic heterocycles. The van der Waals surface area contributed by atoms with Gasteiger partial charge in [-0.1, -0.05) is 12.1 Å². The second-order valence-electron chi connectivity index (χ2n) is 6.38. The minimum absolute atomic E-state index is 0.231. The summed E-state index contributed by atoms with van der Waals surface area (Å²) in [4.78, 5) is 18.0. The molecule has 1 aliphatic heterocycles. The van der Waals surface area contributed by atoms with Crippen molar-refractivity contribution in [2.75, 3.05) is 6.61 Å². The van der Waals surface area contributed by atoms with Crippen LogP contribution in [0.5, 0.6) is 5.75 Å². The van der Waals surface area contributed by atoms with Crippen LogP contribution in [0.15, 0.2) is 52.4 Å². The van der Waals surface area contributed by atoms with Crippen molar-refractivity contribution in [2.45, 2.75) is 18.9 Å². The van der Waals surface area contributed by atoms with Crippen molar-refractivity contribution in [1.82, 2.24) is 10.3 Å². The SMILES string of the molecule is Cc1ccc([C@@]2(NC(=O)c3ccc(Br)s3)CCOc3cccnc32)cc1F. The summed E-state index contributed by atoms with van der Waals surface area (Å²) in [5.74, 6) is 0.0477. The number of nitrogens with zero attached hydrogens (tertiary/aromatic N) is 1. The Kier molecular flexibility index (Phi) is 4.74. The van der Waals surface area contributed by atoms with E-state index in [4.69, 9.17) is 4.74 Å². The minimum atomic E-state index is -0.961. The topological polar surface area (TPSA) is 51.2 Å². The maximum absolute atomic E-state index is 14.4. The van der Waals surface area contributed by atoms with Crippen molar-refractivity contribution in [3.63, 3.8) is 0 Å². The van der Waals surface area contributed by atoms with Crippen LogP contribution < -0.4 is 10.1 Å². The number of ether oxygens (including phenoxy) is 1. The second-order valence-corrected chi connectivity index (χ2v) is 8.84. The summed E-state index contributed by atoms with van der Waals surface area (Å²) in [6.45, 7) is 2.10. The minimum Gasteiger partial charge on any atom is -0.491 e. The fourth-order valence-corrected chi connectivity index (χ4v) is 4.57. The van der Waals surface area contributed by atoms with Crippen LogP contribution in [0, 0.1) is 12.7 Å². The van der Waals surface area contributed by atoms with Crippen LogP contribution in [0.1, 0.15) is 32.9 Å². The maximum Gasteiger partial charge on any atom is 0.262 e. The summed E-state index contributed by atoms with van der Waals surface area (Å²) in [5, 5.41) is 3.12. The molecule has 0 saturated heterocycles. The number of benzene rings is 1. The third-order valence-electron chi connectivity index (χ3n) is 4.70. The molecule has 0 fully saturated rings. The molecule has 1 aliphatic rings. The number of rotatable bonds is 3. The van der Waals surface area contributed by atoms with Gasteiger partial charge in [-0.2, -0.15) is 0 Å². The van der Waals surface area contributed by atoms with Crippen molar-refractivity contribution in [2.24, 2.45) is 0 Å². The average Bonchev–Trinajstić information content (AvgIpc) is 3.11. The molecule has 0 saturated carbocycles. The molecule has 0 unspecified atom stereocenters. The van der Waals surface area contributed by atoms with E-state index in [1.54, 1.807) is 31.3 Å². The molecule has 138 valence electrons. The number of carbonyl (C=O) groups is 1. The van der Waals surface area contributed by atoms with Gasteiger partial charge in [-0.3, -0.25) is 9.78 Å². The largest absolute Gasteiger partial charge is 0.491 e. The smallest absolute Gasteiger partial charge is 0.262 e. The fraction of sp³-hybridized carbons (Fsp3) is 0.200. The molecule has 1 aromatic carbocycles. The predicted octanol–water partition coefficient (Wildman–Crippen LogP) is 4.81. The lowest BCUT2D eigenvalue weighted by Gasteiger charge is -2.39. The molecule has 7 heteroatoms. The Hall–Kier alpha value is -2.25. The van der Waals surface area contributed by atoms with Gasteiger partial charge in [0.15, 0.2) is 0 Å². The lowest BCUT2D eigenvalue weighted by atomic mass is 9.81. The van der Waals surface area contributed by atoms with Crippen LogP contribution in [0.25, 0.3) is 0 Å². The molecular formula is C20H16BrFN2O2S. The van der Waals surface area contributed by atoms with E-state index in [-0.39, 0.29) is 11.7 Å². The van der Waals surface area contributed by atoms with Gasteiger partial charge in [-0.25, -0.2) is 4.39 Å². The molecule has 4 nitrogen and oxygen atoms in total. The predicted molar refractivity (Wildman–Crippen MR) is 106 cm³/mol. The zero-order valence-corrected chi connectivity index (χ0v) is 16.9. The standard InChI is InChI=1S/C20H16BrFN2O2S/c1-12-4-5-13(11-14(12)22)20(24-19(25)16-6-7-17(21)27-16)8-10-26-15-3-2-9-23-18(15)20/h2-7,9,11H,8,10H2,1H3,(H,24,25)/t20-/m0/s1. The number of nitrogens with one attached hydrogen (secondary N) is 1. The summed E-state index contributed by atoms with van der Waals surface area (Å²) >= 11 is 4.73. The number of amides is 1. The number of thiophene rings is 1. The number of pyridine rings is 1. The first kappa shape index (κ1) is 18.1. The Morgan fingerprint density at radius 2 is 2.19 bits per heavy atom. The van der Waals surface area contributed by atoms with Gasteiger partial charge in [0.1, 0.15) is 22.8 Å². The monoisotopic (exact) mass is 446 g/mol. The first-order valence-electron chi connectivity index (χ1n) is 8.42. The molecule has 0 spiro atoms. The van der Waals surface area contributed by atoms with Gasteiger partial charge in [0.2, 0.25) is 0 Å². The van der Waals surface area contributed by atoms with Crippen molar-refractivity contribution in [1.29, 1.82) is 0 Å². The molecule has 0 bridgehead atoms. The van der Waals surface area contributed by atoms with E-state index in [0.29, 0.717) is 40.5 Å². The van der Waals surface area contributed by atoms with Gasteiger partial charge in [-0.15, -0.1) is 11.3 Å². The second kappa shape index (κ2) is 7.05. The van der Waals surface area contributed by atoms with E-state index < -0.39 is 5.54 Å². The highest BCUT2D eigenvalue weighted by molar-refractivity contribution is 9.11. The highest BCUT2D eigenvalue weighted by Crippen LogP contribution is 2.41. The average molecular weight is 447 g/mol. The van der Waals surface area contributed by atoms with Gasteiger partial charge >= 0.3 is 0 Å². The zero-order chi connectivity index (χ0) is 19.0. The third-order valence-corrected chi connectivity index (χ3v) is 6.32. The van der Waals surface area contributed by atoms with E-state index in [0.717, 1.165) is 3.79 Å². The summed E-state index contributed by atoms with van der Waals surface area (Å²) in [6, 6.07) is 12.2. The van der Waals surface area contributed by atoms with Crippen molar-refractivity contribution in [3.8, 4) is 5.75 Å². The molecule has 3 heterocycles. The van der Waals surface area contributed by atoms with Gasteiger partial charge in [0.05, 0.1) is 15.3 Å². The highest BCUT2D eigenvalue weighted by atomic mass is 79.9. The summed E-state index contributed by atoms with van der Waals surface area (Å²) in [6.07, 6.45) is 2.11. The van der Waals surface area contributed by atoms with Gasteiger partial charge < -0.3 is 10.1 Å². The van der Waals surface area contributed by atoms with Crippen LogP contribution in [0.4, 0.5) is 4.39 Å². The first-order valence-corrected chi connectivity index (χ1v) is 10.0. The molecule has 0 aliphatic carbocycles. The number of fused-ring (bicyclic) bond motifs is 1. The van der Waals surface area contributed by atoms with Crippen molar-refractivity contribution < 1.29 is 13.9 Å². The summed E-state index contributed by atoms with van der Waals surface area (Å²) in [7, 11) is 0. The fourth-order valence-electron chi connectivity index (χ4n) is 3.28. The number of carbonyl (C=O) groups excluding carboxylic acids is 1. The van der Waals surface area contributed by atoms with Crippen LogP contribution >= 0.6 is 27.3 Å². The Morgan fingerprint density at radius 3 is 2.93 bits per heavy atom. The van der Waals surface area contributed by atoms with Crippen LogP contribution in [0.2, 0.25) is 0 Å². The van der Waals surface area contributed by atoms with Gasteiger partial charge in [0, 0.05) is 12.6 Å². The molecular weight excluding hydrogens is 431 g/mol. The molecule has 1 N–H and O–H groups in total. The van der Waals surface area contributed by atoms with Gasteiger partial charge in [-0.05, 0) is 64.3 Å². The lowest BCUT2D eigenvalue weighted by Crippen LogP contribution is -2.50. The van der Waals surface area contributed by atoms with Crippen LogP contribution in [-0.4, -0.2) is 17.5 Å². The number of aromatic nitrogens is 1. The molecule has 27 heavy (non-hydrogen) atoms. The van der Waals surface area contributed by atoms with Crippen LogP contribution in [0.3, 0.4) is 0 Å². The maximum atomic E-state index is 14.4. The molecule has 1 amide bonds. The van der Waals surface area contributed by atoms with Crippen molar-refractivity contribution in [3.05, 3.63) is 80.0 Å². The van der Waals surface area contributed by atoms with Crippen LogP contribution in [-0.2, 0) is 5.54 Å². The van der Waals surface area contributed by atoms with Crippen molar-refractivity contribution >= 4 is 33.2 Å². The normalized spacial score (nSPS) is 18.5. The van der Waals surface area contributed by atoms with E-state index in [1.807, 2.05) is 18.2 Å². The Morgan fingerprint density at radius 1 is 1.33 bits per heavy atom. The van der Waals surface area contributed by atoms with E-state index in [2.05, 4.69) is 26.2 Å². The number of aryl methyl sites for hydroxylation is 1. The Balaban J connectivity index is 1.86.